The molecule has 9 rings (SSSR count). The fourth-order valence-corrected chi connectivity index (χ4v) is 7.33. The van der Waals surface area contributed by atoms with Crippen molar-refractivity contribution in [2.24, 2.45) is 0 Å². The quantitative estimate of drug-likeness (QED) is 0.194. The van der Waals surface area contributed by atoms with Crippen LogP contribution in [0.4, 0.5) is 0 Å². The van der Waals surface area contributed by atoms with E-state index in [1.807, 2.05) is 0 Å². The lowest BCUT2D eigenvalue weighted by Crippen LogP contribution is -1.97. The second kappa shape index (κ2) is 9.54. The molecule has 0 fully saturated rings. The van der Waals surface area contributed by atoms with E-state index in [2.05, 4.69) is 158 Å². The molecule has 0 amide bonds. The van der Waals surface area contributed by atoms with Crippen LogP contribution < -0.4 is 0 Å². The molecule has 0 heteroatoms. The van der Waals surface area contributed by atoms with Crippen molar-refractivity contribution in [2.45, 2.75) is 6.42 Å². The second-order valence-electron chi connectivity index (χ2n) is 11.7. The number of hydrogen-bond donors (Lipinski definition) is 0. The van der Waals surface area contributed by atoms with Gasteiger partial charge < -0.3 is 0 Å². The van der Waals surface area contributed by atoms with Crippen LogP contribution in [0.2, 0.25) is 0 Å². The lowest BCUT2D eigenvalue weighted by atomic mass is 9.80. The van der Waals surface area contributed by atoms with Gasteiger partial charge in [-0.15, -0.1) is 0 Å². The Morgan fingerprint density at radius 3 is 1.84 bits per heavy atom. The van der Waals surface area contributed by atoms with Gasteiger partial charge in [0.15, 0.2) is 0 Å². The average molecular weight is 545 g/mol. The molecule has 1 aliphatic rings. The molecule has 0 saturated carbocycles. The summed E-state index contributed by atoms with van der Waals surface area (Å²) in [5.74, 6) is 0. The van der Waals surface area contributed by atoms with Crippen LogP contribution in [0.15, 0.2) is 158 Å². The molecule has 0 N–H and O–H groups in total. The summed E-state index contributed by atoms with van der Waals surface area (Å²) in [7, 11) is 0. The number of hydrogen-bond acceptors (Lipinski definition) is 0. The first-order valence-electron chi connectivity index (χ1n) is 15.1. The summed E-state index contributed by atoms with van der Waals surface area (Å²) < 4.78 is 0. The molecule has 0 unspecified atom stereocenters. The topological polar surface area (TPSA) is 0 Å². The Kier molecular flexibility index (Phi) is 5.36. The maximum absolute atomic E-state index is 2.43. The van der Waals surface area contributed by atoms with Gasteiger partial charge in [0.1, 0.15) is 0 Å². The van der Waals surface area contributed by atoms with Gasteiger partial charge in [0.25, 0.3) is 0 Å². The Morgan fingerprint density at radius 1 is 0.326 bits per heavy atom. The fourth-order valence-electron chi connectivity index (χ4n) is 7.33. The first-order chi connectivity index (χ1) is 21.3. The third kappa shape index (κ3) is 3.77. The molecule has 200 valence electrons. The van der Waals surface area contributed by atoms with Crippen molar-refractivity contribution >= 4 is 32.3 Å². The molecule has 0 spiro atoms. The molecular formula is C43H28. The summed E-state index contributed by atoms with van der Waals surface area (Å²) in [5.41, 5.74) is 13.3. The zero-order valence-electron chi connectivity index (χ0n) is 23.7. The van der Waals surface area contributed by atoms with Crippen LogP contribution in [0, 0.1) is 0 Å². The summed E-state index contributed by atoms with van der Waals surface area (Å²) >= 11 is 0. The largest absolute Gasteiger partial charge is 0.0622 e. The lowest BCUT2D eigenvalue weighted by Gasteiger charge is -2.23. The molecule has 1 aliphatic carbocycles. The summed E-state index contributed by atoms with van der Waals surface area (Å²) in [5, 5.41) is 7.64. The first-order valence-corrected chi connectivity index (χ1v) is 15.1. The molecule has 8 aromatic carbocycles. The van der Waals surface area contributed by atoms with E-state index >= 15 is 0 Å². The van der Waals surface area contributed by atoms with Crippen LogP contribution in [-0.4, -0.2) is 0 Å². The molecule has 8 aromatic rings. The molecule has 0 aromatic heterocycles. The van der Waals surface area contributed by atoms with Crippen molar-refractivity contribution < 1.29 is 0 Å². The minimum absolute atomic E-state index is 0.946. The van der Waals surface area contributed by atoms with Gasteiger partial charge in [-0.25, -0.2) is 0 Å². The zero-order valence-corrected chi connectivity index (χ0v) is 23.7. The lowest BCUT2D eigenvalue weighted by molar-refractivity contribution is 1.27. The van der Waals surface area contributed by atoms with Gasteiger partial charge in [-0.2, -0.15) is 0 Å². The van der Waals surface area contributed by atoms with Gasteiger partial charge in [0, 0.05) is 0 Å². The molecule has 0 bridgehead atoms. The third-order valence-corrected chi connectivity index (χ3v) is 9.27. The smallest absolute Gasteiger partial charge is 0.000728 e. The second-order valence-corrected chi connectivity index (χ2v) is 11.7. The normalized spacial score (nSPS) is 12.1. The molecule has 43 heavy (non-hydrogen) atoms. The predicted octanol–water partition coefficient (Wildman–Crippen LogP) is 11.7. The Labute approximate surface area is 251 Å². The van der Waals surface area contributed by atoms with Crippen molar-refractivity contribution in [1.29, 1.82) is 0 Å². The molecule has 0 radical (unpaired) electrons. The van der Waals surface area contributed by atoms with Gasteiger partial charge in [-0.3, -0.25) is 0 Å². The Balaban J connectivity index is 1.50. The highest BCUT2D eigenvalue weighted by atomic mass is 14.3. The van der Waals surface area contributed by atoms with Gasteiger partial charge >= 0.3 is 0 Å². The van der Waals surface area contributed by atoms with Crippen LogP contribution in [-0.2, 0) is 6.42 Å². The van der Waals surface area contributed by atoms with E-state index in [1.165, 1.54) is 88.0 Å². The van der Waals surface area contributed by atoms with Gasteiger partial charge in [-0.05, 0) is 113 Å². The minimum Gasteiger partial charge on any atom is -0.0622 e. The average Bonchev–Trinajstić information content (AvgIpc) is 3.46. The summed E-state index contributed by atoms with van der Waals surface area (Å²) in [6.45, 7) is 0. The maximum Gasteiger partial charge on any atom is -0.000728 e. The van der Waals surface area contributed by atoms with Crippen LogP contribution in [0.1, 0.15) is 11.1 Å². The fraction of sp³-hybridized carbons (Fsp3) is 0.0233. The van der Waals surface area contributed by atoms with Crippen LogP contribution in [0.5, 0.6) is 0 Å². The van der Waals surface area contributed by atoms with E-state index in [1.54, 1.807) is 0 Å². The van der Waals surface area contributed by atoms with E-state index < -0.39 is 0 Å². The van der Waals surface area contributed by atoms with Crippen molar-refractivity contribution in [3.63, 3.8) is 0 Å². The molecule has 0 nitrogen and oxygen atoms in total. The standard InChI is InChI=1S/C43H28/c1-2-12-29(13-3-1)39-27-33-24-30-15-4-5-16-31(30)25-40(33)43(42(39)37-22-10-18-28-14-6-8-19-34(28)37)38-23-11-21-36-35-20-9-7-17-32(35)26-41(36)38/h1-25,27H,26H2. The Hall–Kier alpha value is -5.46. The number of benzene rings is 8. The summed E-state index contributed by atoms with van der Waals surface area (Å²) in [4.78, 5) is 0. The Bertz CT molecular complexity index is 2350. The van der Waals surface area contributed by atoms with Crippen molar-refractivity contribution in [3.05, 3.63) is 169 Å². The van der Waals surface area contributed by atoms with Gasteiger partial charge in [0.2, 0.25) is 0 Å². The maximum atomic E-state index is 2.43. The predicted molar refractivity (Wildman–Crippen MR) is 184 cm³/mol. The highest BCUT2D eigenvalue weighted by molar-refractivity contribution is 6.17. The third-order valence-electron chi connectivity index (χ3n) is 9.27. The Morgan fingerprint density at radius 2 is 0.953 bits per heavy atom. The zero-order chi connectivity index (χ0) is 28.3. The van der Waals surface area contributed by atoms with E-state index in [-0.39, 0.29) is 0 Å². The van der Waals surface area contributed by atoms with E-state index in [0.717, 1.165) is 6.42 Å². The number of fused-ring (bicyclic) bond motifs is 6. The van der Waals surface area contributed by atoms with Gasteiger partial charge in [-0.1, -0.05) is 140 Å². The summed E-state index contributed by atoms with van der Waals surface area (Å²) in [6, 6.07) is 58.3. The number of rotatable bonds is 3. The van der Waals surface area contributed by atoms with Crippen molar-refractivity contribution in [2.75, 3.05) is 0 Å². The van der Waals surface area contributed by atoms with E-state index in [9.17, 15) is 0 Å². The van der Waals surface area contributed by atoms with Crippen molar-refractivity contribution in [1.82, 2.24) is 0 Å². The summed E-state index contributed by atoms with van der Waals surface area (Å²) in [6.07, 6.45) is 0.946. The van der Waals surface area contributed by atoms with Crippen LogP contribution in [0.25, 0.3) is 76.8 Å². The van der Waals surface area contributed by atoms with Gasteiger partial charge in [0.05, 0.1) is 0 Å². The molecule has 0 saturated heterocycles. The highest BCUT2D eigenvalue weighted by Crippen LogP contribution is 2.50. The first kappa shape index (κ1) is 24.2. The van der Waals surface area contributed by atoms with Crippen LogP contribution >= 0.6 is 0 Å². The highest BCUT2D eigenvalue weighted by Gasteiger charge is 2.26. The monoisotopic (exact) mass is 544 g/mol. The molecule has 0 heterocycles. The van der Waals surface area contributed by atoms with Crippen molar-refractivity contribution in [3.8, 4) is 44.5 Å². The van der Waals surface area contributed by atoms with E-state index in [4.69, 9.17) is 0 Å². The minimum atomic E-state index is 0.946. The molecule has 0 atom stereocenters. The molecule has 0 aliphatic heterocycles. The SMILES string of the molecule is c1ccc(-c2cc3cc4ccccc4cc3c(-c3cccc4c3Cc3ccccc3-4)c2-c2cccc3ccccc23)cc1. The molecular weight excluding hydrogens is 516 g/mol. The van der Waals surface area contributed by atoms with Crippen LogP contribution in [0.3, 0.4) is 0 Å². The van der Waals surface area contributed by atoms with E-state index in [0.29, 0.717) is 0 Å².